The average molecular weight is 482 g/mol. The Morgan fingerprint density at radius 3 is 2.09 bits per heavy atom. The fraction of sp³-hybridized carbons (Fsp3) is 0.259. The van der Waals surface area contributed by atoms with E-state index in [4.69, 9.17) is 0 Å². The van der Waals surface area contributed by atoms with E-state index in [0.29, 0.717) is 32.7 Å². The zero-order chi connectivity index (χ0) is 24.8. The fourth-order valence-electron chi connectivity index (χ4n) is 4.24. The molecule has 1 N–H and O–H groups in total. The Morgan fingerprint density at radius 1 is 0.829 bits per heavy atom. The van der Waals surface area contributed by atoms with Crippen LogP contribution < -0.4 is 5.32 Å². The number of rotatable bonds is 6. The Labute approximate surface area is 202 Å². The van der Waals surface area contributed by atoms with Crippen molar-refractivity contribution in [1.82, 2.24) is 15.1 Å². The molecule has 1 saturated heterocycles. The van der Waals surface area contributed by atoms with Gasteiger partial charge in [0.1, 0.15) is 6.04 Å². The van der Waals surface area contributed by atoms with Gasteiger partial charge in [-0.05, 0) is 29.3 Å². The molecule has 0 bridgehead atoms. The molecule has 1 heterocycles. The van der Waals surface area contributed by atoms with Crippen LogP contribution >= 0.6 is 0 Å². The number of piperazine rings is 1. The number of hydrogen-bond acceptors (Lipinski definition) is 3. The van der Waals surface area contributed by atoms with Crippen molar-refractivity contribution >= 4 is 11.8 Å². The van der Waals surface area contributed by atoms with Crippen LogP contribution in [0.4, 0.5) is 13.2 Å². The third kappa shape index (κ3) is 6.08. The van der Waals surface area contributed by atoms with E-state index < -0.39 is 23.7 Å². The molecule has 1 fully saturated rings. The second-order valence-electron chi connectivity index (χ2n) is 8.42. The summed E-state index contributed by atoms with van der Waals surface area (Å²) in [4.78, 5) is 29.7. The third-order valence-corrected chi connectivity index (χ3v) is 6.08. The van der Waals surface area contributed by atoms with Gasteiger partial charge < -0.3 is 10.2 Å². The summed E-state index contributed by atoms with van der Waals surface area (Å²) in [5.74, 6) is -0.585. The maximum atomic E-state index is 13.2. The Morgan fingerprint density at radius 2 is 1.46 bits per heavy atom. The molecule has 35 heavy (non-hydrogen) atoms. The highest BCUT2D eigenvalue weighted by atomic mass is 19.4. The number of hydrogen-bond donors (Lipinski definition) is 1. The summed E-state index contributed by atoms with van der Waals surface area (Å²) in [6.45, 7) is 1.86. The van der Waals surface area contributed by atoms with Gasteiger partial charge in [-0.1, -0.05) is 66.7 Å². The number of nitrogens with one attached hydrogen (secondary N) is 1. The van der Waals surface area contributed by atoms with Crippen LogP contribution in [0.5, 0.6) is 0 Å². The Hall–Kier alpha value is -3.65. The lowest BCUT2D eigenvalue weighted by molar-refractivity contribution is -0.137. The summed E-state index contributed by atoms with van der Waals surface area (Å²) >= 11 is 0. The highest BCUT2D eigenvalue weighted by molar-refractivity contribution is 5.94. The molecule has 1 atom stereocenters. The van der Waals surface area contributed by atoms with Gasteiger partial charge in [-0.2, -0.15) is 13.2 Å². The predicted molar refractivity (Wildman–Crippen MR) is 126 cm³/mol. The van der Waals surface area contributed by atoms with Crippen molar-refractivity contribution in [1.29, 1.82) is 0 Å². The normalized spacial score (nSPS) is 15.5. The molecule has 0 spiro atoms. The number of carbonyl (C=O) groups excluding carboxylic acids is 2. The van der Waals surface area contributed by atoms with Crippen LogP contribution in [0.15, 0.2) is 84.9 Å². The van der Waals surface area contributed by atoms with Gasteiger partial charge in [0.15, 0.2) is 0 Å². The number of carbonyl (C=O) groups is 2. The third-order valence-electron chi connectivity index (χ3n) is 6.08. The van der Waals surface area contributed by atoms with Crippen molar-refractivity contribution in [2.24, 2.45) is 0 Å². The maximum absolute atomic E-state index is 13.2. The lowest BCUT2D eigenvalue weighted by Crippen LogP contribution is -2.52. The van der Waals surface area contributed by atoms with Crippen LogP contribution in [0.2, 0.25) is 0 Å². The summed E-state index contributed by atoms with van der Waals surface area (Å²) in [7, 11) is 0. The van der Waals surface area contributed by atoms with E-state index in [1.165, 1.54) is 17.0 Å². The van der Waals surface area contributed by atoms with Gasteiger partial charge in [-0.15, -0.1) is 0 Å². The number of halogens is 3. The van der Waals surface area contributed by atoms with Crippen molar-refractivity contribution in [2.45, 2.75) is 18.8 Å². The Balaban J connectivity index is 1.44. The second kappa shape index (κ2) is 10.7. The fourth-order valence-corrected chi connectivity index (χ4v) is 4.24. The molecular formula is C27H26F3N3O2. The monoisotopic (exact) mass is 481 g/mol. The van der Waals surface area contributed by atoms with Crippen LogP contribution in [-0.4, -0.2) is 47.8 Å². The minimum atomic E-state index is -4.51. The molecular weight excluding hydrogens is 455 g/mol. The minimum absolute atomic E-state index is 0.00786. The molecule has 1 aliphatic heterocycles. The van der Waals surface area contributed by atoms with E-state index in [1.807, 2.05) is 65.6 Å². The van der Waals surface area contributed by atoms with Gasteiger partial charge in [0.2, 0.25) is 5.91 Å². The highest BCUT2D eigenvalue weighted by Crippen LogP contribution is 2.30. The van der Waals surface area contributed by atoms with Crippen LogP contribution in [0.3, 0.4) is 0 Å². The van der Waals surface area contributed by atoms with E-state index >= 15 is 0 Å². The van der Waals surface area contributed by atoms with Crippen molar-refractivity contribution in [3.63, 3.8) is 0 Å². The number of amides is 2. The van der Waals surface area contributed by atoms with Crippen molar-refractivity contribution < 1.29 is 22.8 Å². The molecule has 4 rings (SSSR count). The standard InChI is InChI=1S/C27H26F3N3O2/c28-27(29,30)23-13-7-12-22(18-23)26(35)33-16-14-32(15-17-33)24(21-10-5-2-6-11-21)25(34)31-19-20-8-3-1-4-9-20/h1-13,18,24H,14-17,19H2,(H,31,34)/t24-/m0/s1. The zero-order valence-corrected chi connectivity index (χ0v) is 19.0. The molecule has 0 unspecified atom stereocenters. The average Bonchev–Trinajstić information content (AvgIpc) is 2.88. The molecule has 0 radical (unpaired) electrons. The number of alkyl halides is 3. The van der Waals surface area contributed by atoms with E-state index in [0.717, 1.165) is 23.3 Å². The van der Waals surface area contributed by atoms with Gasteiger partial charge in [0.05, 0.1) is 5.56 Å². The molecule has 182 valence electrons. The molecule has 2 amide bonds. The van der Waals surface area contributed by atoms with E-state index in [1.54, 1.807) is 0 Å². The van der Waals surface area contributed by atoms with Crippen molar-refractivity contribution in [3.8, 4) is 0 Å². The van der Waals surface area contributed by atoms with Crippen LogP contribution in [0.25, 0.3) is 0 Å². The van der Waals surface area contributed by atoms with Gasteiger partial charge in [-0.25, -0.2) is 0 Å². The Kier molecular flexibility index (Phi) is 7.51. The summed E-state index contributed by atoms with van der Waals surface area (Å²) in [5.41, 5.74) is 0.995. The maximum Gasteiger partial charge on any atom is 0.416 e. The second-order valence-corrected chi connectivity index (χ2v) is 8.42. The lowest BCUT2D eigenvalue weighted by Gasteiger charge is -2.39. The summed E-state index contributed by atoms with van der Waals surface area (Å²) in [6.07, 6.45) is -4.51. The van der Waals surface area contributed by atoms with Gasteiger partial charge >= 0.3 is 6.18 Å². The first kappa shape index (κ1) is 24.5. The van der Waals surface area contributed by atoms with Crippen LogP contribution in [0, 0.1) is 0 Å². The minimum Gasteiger partial charge on any atom is -0.350 e. The summed E-state index contributed by atoms with van der Waals surface area (Å²) in [6, 6.07) is 23.0. The zero-order valence-electron chi connectivity index (χ0n) is 19.0. The summed E-state index contributed by atoms with van der Waals surface area (Å²) < 4.78 is 39.2. The first-order valence-electron chi connectivity index (χ1n) is 11.4. The lowest BCUT2D eigenvalue weighted by atomic mass is 10.0. The first-order chi connectivity index (χ1) is 16.8. The molecule has 1 aliphatic rings. The van der Waals surface area contributed by atoms with Crippen molar-refractivity contribution in [3.05, 3.63) is 107 Å². The molecule has 0 saturated carbocycles. The van der Waals surface area contributed by atoms with Gasteiger partial charge in [-0.3, -0.25) is 14.5 Å². The first-order valence-corrected chi connectivity index (χ1v) is 11.4. The quantitative estimate of drug-likeness (QED) is 0.563. The van der Waals surface area contributed by atoms with E-state index in [2.05, 4.69) is 5.32 Å². The van der Waals surface area contributed by atoms with E-state index in [9.17, 15) is 22.8 Å². The summed E-state index contributed by atoms with van der Waals surface area (Å²) in [5, 5.41) is 3.01. The molecule has 5 nitrogen and oxygen atoms in total. The van der Waals surface area contributed by atoms with E-state index in [-0.39, 0.29) is 11.5 Å². The molecule has 3 aromatic carbocycles. The predicted octanol–water partition coefficient (Wildman–Crippen LogP) is 4.52. The highest BCUT2D eigenvalue weighted by Gasteiger charge is 2.33. The van der Waals surface area contributed by atoms with Gasteiger partial charge in [0.25, 0.3) is 5.91 Å². The number of benzene rings is 3. The molecule has 3 aromatic rings. The van der Waals surface area contributed by atoms with Crippen LogP contribution in [-0.2, 0) is 17.5 Å². The molecule has 8 heteroatoms. The topological polar surface area (TPSA) is 52.7 Å². The van der Waals surface area contributed by atoms with Crippen molar-refractivity contribution in [2.75, 3.05) is 26.2 Å². The number of nitrogens with zero attached hydrogens (tertiary/aromatic N) is 2. The Bertz CT molecular complexity index is 1150. The SMILES string of the molecule is O=C(NCc1ccccc1)[C@H](c1ccccc1)N1CCN(C(=O)c2cccc(C(F)(F)F)c2)CC1. The largest absolute Gasteiger partial charge is 0.416 e. The molecule has 0 aromatic heterocycles. The van der Waals surface area contributed by atoms with Gasteiger partial charge in [0, 0.05) is 38.3 Å². The molecule has 0 aliphatic carbocycles. The smallest absolute Gasteiger partial charge is 0.350 e. The van der Waals surface area contributed by atoms with Crippen LogP contribution in [0.1, 0.15) is 33.1 Å².